The minimum absolute atomic E-state index is 0.0222. The van der Waals surface area contributed by atoms with Crippen LogP contribution in [0.3, 0.4) is 0 Å². The fraction of sp³-hybridized carbons (Fsp3) is 0.500. The quantitative estimate of drug-likeness (QED) is 0.800. The van der Waals surface area contributed by atoms with E-state index in [2.05, 4.69) is 10.2 Å². The molecule has 1 aliphatic rings. The van der Waals surface area contributed by atoms with Crippen molar-refractivity contribution in [1.82, 2.24) is 5.32 Å². The third kappa shape index (κ3) is 2.75. The number of nitrogens with zero attached hydrogens (tertiary/aromatic N) is 1. The Bertz CT molecular complexity index is 425. The standard InChI is InChI=1S/C14H21N3O/c1-2-7-16-14(18)12-10-11(15)5-6-13(12)17-8-3-4-9-17/h5-6,10H,2-4,7-9,15H2,1H3,(H,16,18). The van der Waals surface area contributed by atoms with Gasteiger partial charge in [0.2, 0.25) is 0 Å². The Morgan fingerprint density at radius 1 is 1.39 bits per heavy atom. The lowest BCUT2D eigenvalue weighted by Gasteiger charge is -2.21. The minimum atomic E-state index is -0.0222. The summed E-state index contributed by atoms with van der Waals surface area (Å²) in [4.78, 5) is 14.4. The molecule has 3 N–H and O–H groups in total. The van der Waals surface area contributed by atoms with Gasteiger partial charge in [-0.1, -0.05) is 6.92 Å². The molecule has 1 aromatic rings. The van der Waals surface area contributed by atoms with E-state index >= 15 is 0 Å². The number of nitrogens with one attached hydrogen (secondary N) is 1. The van der Waals surface area contributed by atoms with Crippen LogP contribution in [-0.2, 0) is 0 Å². The lowest BCUT2D eigenvalue weighted by Crippen LogP contribution is -2.28. The number of carbonyl (C=O) groups excluding carboxylic acids is 1. The highest BCUT2D eigenvalue weighted by Gasteiger charge is 2.19. The van der Waals surface area contributed by atoms with Crippen LogP contribution in [0.5, 0.6) is 0 Å². The van der Waals surface area contributed by atoms with E-state index in [-0.39, 0.29) is 5.91 Å². The summed E-state index contributed by atoms with van der Waals surface area (Å²) in [5.41, 5.74) is 8.14. The number of hydrogen-bond donors (Lipinski definition) is 2. The van der Waals surface area contributed by atoms with Crippen molar-refractivity contribution in [1.29, 1.82) is 0 Å². The molecule has 0 saturated carbocycles. The van der Waals surface area contributed by atoms with Gasteiger partial charge in [0.25, 0.3) is 5.91 Å². The van der Waals surface area contributed by atoms with Gasteiger partial charge in [-0.15, -0.1) is 0 Å². The molecule has 0 spiro atoms. The topological polar surface area (TPSA) is 58.4 Å². The second kappa shape index (κ2) is 5.76. The Morgan fingerprint density at radius 3 is 2.78 bits per heavy atom. The molecule has 1 aromatic carbocycles. The van der Waals surface area contributed by atoms with Crippen molar-refractivity contribution in [2.24, 2.45) is 0 Å². The molecule has 0 unspecified atom stereocenters. The molecule has 0 bridgehead atoms. The Hall–Kier alpha value is -1.71. The molecular formula is C14H21N3O. The zero-order valence-corrected chi connectivity index (χ0v) is 10.9. The highest BCUT2D eigenvalue weighted by molar-refractivity contribution is 6.00. The Labute approximate surface area is 108 Å². The first-order valence-electron chi connectivity index (χ1n) is 6.65. The second-order valence-corrected chi connectivity index (χ2v) is 4.73. The highest BCUT2D eigenvalue weighted by atomic mass is 16.1. The van der Waals surface area contributed by atoms with Gasteiger partial charge in [-0.25, -0.2) is 0 Å². The van der Waals surface area contributed by atoms with Gasteiger partial charge in [-0.05, 0) is 37.5 Å². The van der Waals surface area contributed by atoms with Gasteiger partial charge in [-0.3, -0.25) is 4.79 Å². The zero-order valence-electron chi connectivity index (χ0n) is 10.9. The van der Waals surface area contributed by atoms with Crippen LogP contribution in [0.15, 0.2) is 18.2 Å². The van der Waals surface area contributed by atoms with E-state index in [1.165, 1.54) is 12.8 Å². The first-order valence-corrected chi connectivity index (χ1v) is 6.65. The number of nitrogens with two attached hydrogens (primary N) is 1. The zero-order chi connectivity index (χ0) is 13.0. The molecule has 1 amide bonds. The second-order valence-electron chi connectivity index (χ2n) is 4.73. The summed E-state index contributed by atoms with van der Waals surface area (Å²) < 4.78 is 0. The smallest absolute Gasteiger partial charge is 0.253 e. The third-order valence-electron chi connectivity index (χ3n) is 3.25. The van der Waals surface area contributed by atoms with E-state index in [0.717, 1.165) is 25.2 Å². The third-order valence-corrected chi connectivity index (χ3v) is 3.25. The normalized spacial score (nSPS) is 14.8. The molecule has 0 radical (unpaired) electrons. The molecule has 1 aliphatic heterocycles. The number of anilines is 2. The summed E-state index contributed by atoms with van der Waals surface area (Å²) in [5.74, 6) is -0.0222. The average Bonchev–Trinajstić information content (AvgIpc) is 2.89. The number of amides is 1. The van der Waals surface area contributed by atoms with Crippen LogP contribution in [0.25, 0.3) is 0 Å². The van der Waals surface area contributed by atoms with Crippen LogP contribution < -0.4 is 16.0 Å². The van der Waals surface area contributed by atoms with Crippen LogP contribution in [0.2, 0.25) is 0 Å². The van der Waals surface area contributed by atoms with Gasteiger partial charge in [0.15, 0.2) is 0 Å². The summed E-state index contributed by atoms with van der Waals surface area (Å²) in [6.07, 6.45) is 3.33. The van der Waals surface area contributed by atoms with Crippen molar-refractivity contribution < 1.29 is 4.79 Å². The van der Waals surface area contributed by atoms with Crippen LogP contribution in [0.4, 0.5) is 11.4 Å². The lowest BCUT2D eigenvalue weighted by molar-refractivity contribution is 0.0954. The van der Waals surface area contributed by atoms with Crippen LogP contribution in [0, 0.1) is 0 Å². The molecule has 0 aliphatic carbocycles. The monoisotopic (exact) mass is 247 g/mol. The summed E-state index contributed by atoms with van der Waals surface area (Å²) in [6, 6.07) is 5.60. The predicted molar refractivity (Wildman–Crippen MR) is 74.9 cm³/mol. The van der Waals surface area contributed by atoms with Crippen molar-refractivity contribution in [3.63, 3.8) is 0 Å². The van der Waals surface area contributed by atoms with E-state index in [1.54, 1.807) is 6.07 Å². The Morgan fingerprint density at radius 2 is 2.11 bits per heavy atom. The number of rotatable bonds is 4. The van der Waals surface area contributed by atoms with Gasteiger partial charge >= 0.3 is 0 Å². The number of nitrogen functional groups attached to an aromatic ring is 1. The largest absolute Gasteiger partial charge is 0.399 e. The molecule has 0 atom stereocenters. The van der Waals surface area contributed by atoms with E-state index in [9.17, 15) is 4.79 Å². The number of carbonyl (C=O) groups is 1. The molecule has 98 valence electrons. The highest BCUT2D eigenvalue weighted by Crippen LogP contribution is 2.26. The fourth-order valence-corrected chi connectivity index (χ4v) is 2.30. The van der Waals surface area contributed by atoms with Crippen LogP contribution >= 0.6 is 0 Å². The van der Waals surface area contributed by atoms with Crippen LogP contribution in [-0.4, -0.2) is 25.5 Å². The summed E-state index contributed by atoms with van der Waals surface area (Å²) in [7, 11) is 0. The Balaban J connectivity index is 2.25. The van der Waals surface area contributed by atoms with Crippen molar-refractivity contribution >= 4 is 17.3 Å². The van der Waals surface area contributed by atoms with Crippen molar-refractivity contribution in [3.05, 3.63) is 23.8 Å². The van der Waals surface area contributed by atoms with Crippen molar-refractivity contribution in [2.45, 2.75) is 26.2 Å². The van der Waals surface area contributed by atoms with Gasteiger partial charge < -0.3 is 16.0 Å². The van der Waals surface area contributed by atoms with E-state index in [0.29, 0.717) is 17.8 Å². The van der Waals surface area contributed by atoms with Gasteiger partial charge in [-0.2, -0.15) is 0 Å². The summed E-state index contributed by atoms with van der Waals surface area (Å²) >= 11 is 0. The maximum absolute atomic E-state index is 12.1. The molecule has 2 rings (SSSR count). The summed E-state index contributed by atoms with van der Waals surface area (Å²) in [5, 5.41) is 2.92. The van der Waals surface area contributed by atoms with Crippen molar-refractivity contribution in [2.75, 3.05) is 30.3 Å². The van der Waals surface area contributed by atoms with Crippen LogP contribution in [0.1, 0.15) is 36.5 Å². The molecule has 1 fully saturated rings. The average molecular weight is 247 g/mol. The molecule has 1 heterocycles. The van der Waals surface area contributed by atoms with Gasteiger partial charge in [0.1, 0.15) is 0 Å². The molecule has 0 aromatic heterocycles. The lowest BCUT2D eigenvalue weighted by atomic mass is 10.1. The predicted octanol–water partition coefficient (Wildman–Crippen LogP) is 2.01. The maximum Gasteiger partial charge on any atom is 0.253 e. The van der Waals surface area contributed by atoms with Gasteiger partial charge in [0.05, 0.1) is 5.56 Å². The van der Waals surface area contributed by atoms with E-state index in [4.69, 9.17) is 5.73 Å². The maximum atomic E-state index is 12.1. The molecule has 4 heteroatoms. The number of hydrogen-bond acceptors (Lipinski definition) is 3. The van der Waals surface area contributed by atoms with Gasteiger partial charge in [0, 0.05) is 31.0 Å². The molecule has 18 heavy (non-hydrogen) atoms. The van der Waals surface area contributed by atoms with E-state index in [1.807, 2.05) is 19.1 Å². The van der Waals surface area contributed by atoms with Crippen molar-refractivity contribution in [3.8, 4) is 0 Å². The number of benzene rings is 1. The molecular weight excluding hydrogens is 226 g/mol. The summed E-state index contributed by atoms with van der Waals surface area (Å²) in [6.45, 7) is 4.80. The SMILES string of the molecule is CCCNC(=O)c1cc(N)ccc1N1CCCC1. The first-order chi connectivity index (χ1) is 8.72. The van der Waals surface area contributed by atoms with E-state index < -0.39 is 0 Å². The Kier molecular flexibility index (Phi) is 4.07. The molecule has 1 saturated heterocycles. The fourth-order valence-electron chi connectivity index (χ4n) is 2.30. The first kappa shape index (κ1) is 12.7. The molecule has 4 nitrogen and oxygen atoms in total. The minimum Gasteiger partial charge on any atom is -0.399 e.